The molecule has 55 heavy (non-hydrogen) atoms. The van der Waals surface area contributed by atoms with Crippen molar-refractivity contribution in [3.05, 3.63) is 197 Å². The van der Waals surface area contributed by atoms with Crippen LogP contribution in [-0.2, 0) is 35.7 Å². The minimum Gasteiger partial charge on any atom is -0.457 e. The highest BCUT2D eigenvalue weighted by Gasteiger charge is 2.39. The zero-order valence-electron chi connectivity index (χ0n) is 31.0. The van der Waals surface area contributed by atoms with Crippen LogP contribution < -0.4 is 15.4 Å². The van der Waals surface area contributed by atoms with E-state index >= 15 is 0 Å². The number of hydrogen-bond donors (Lipinski definition) is 3. The third-order valence-electron chi connectivity index (χ3n) is 9.86. The summed E-state index contributed by atoms with van der Waals surface area (Å²) >= 11 is 0. The van der Waals surface area contributed by atoms with Crippen LogP contribution >= 0.6 is 0 Å². The van der Waals surface area contributed by atoms with E-state index in [1.54, 1.807) is 0 Å². The van der Waals surface area contributed by atoms with Gasteiger partial charge in [0.05, 0.1) is 18.8 Å². The van der Waals surface area contributed by atoms with Crippen LogP contribution in [0.4, 0.5) is 10.5 Å². The van der Waals surface area contributed by atoms with Crippen LogP contribution in [0.3, 0.4) is 0 Å². The number of ether oxygens (including phenoxy) is 3. The lowest BCUT2D eigenvalue weighted by atomic mass is 9.89. The van der Waals surface area contributed by atoms with Crippen LogP contribution in [-0.4, -0.2) is 28.7 Å². The number of aliphatic hydroxyl groups is 1. The van der Waals surface area contributed by atoms with E-state index < -0.39 is 6.29 Å². The average Bonchev–Trinajstić information content (AvgIpc) is 3.23. The van der Waals surface area contributed by atoms with E-state index in [-0.39, 0.29) is 30.8 Å². The molecule has 0 unspecified atom stereocenters. The van der Waals surface area contributed by atoms with E-state index in [9.17, 15) is 9.90 Å². The third kappa shape index (κ3) is 10.5. The van der Waals surface area contributed by atoms with Crippen molar-refractivity contribution in [3.63, 3.8) is 0 Å². The molecule has 0 bridgehead atoms. The smallest absolute Gasteiger partial charge is 0.319 e. The second kappa shape index (κ2) is 18.5. The Hall–Kier alpha value is -5.77. The number of hydrogen-bond acceptors (Lipinski definition) is 6. The van der Waals surface area contributed by atoms with Crippen molar-refractivity contribution in [2.75, 3.05) is 11.9 Å². The van der Waals surface area contributed by atoms with Gasteiger partial charge in [-0.05, 0) is 64.2 Å². The van der Waals surface area contributed by atoms with Gasteiger partial charge in [0, 0.05) is 43.3 Å². The molecular formula is C47H47N3O5. The second-order valence-corrected chi connectivity index (χ2v) is 14.0. The molecule has 1 fully saturated rings. The van der Waals surface area contributed by atoms with Gasteiger partial charge in [-0.2, -0.15) is 0 Å². The Balaban J connectivity index is 1.02. The third-order valence-corrected chi connectivity index (χ3v) is 9.86. The number of benzene rings is 6. The summed E-state index contributed by atoms with van der Waals surface area (Å²) in [5, 5.41) is 15.5. The molecule has 0 radical (unpaired) electrons. The number of para-hydroxylation sites is 1. The number of urea groups is 1. The standard InChI is InChI=1S/C47H47N3O5/c1-34-44(32-50(30-36-11-5-2-6-12-36)31-37-13-7-3-8-14-37)54-46(55-45(34)39-21-19-38(33-51)20-22-39)40-23-17-35(18-24-40)29-48-47(52)49-41-25-27-43(28-26-41)53-42-15-9-4-10-16-42/h2-28,34,44-46,51H,29-33H2,1H3,(H2,48,49,52)/t34-,44+,45+,46+/m1/s1. The fourth-order valence-corrected chi connectivity index (χ4v) is 6.83. The fourth-order valence-electron chi connectivity index (χ4n) is 6.83. The molecular weight excluding hydrogens is 687 g/mol. The summed E-state index contributed by atoms with van der Waals surface area (Å²) in [5.41, 5.74) is 6.90. The number of carbonyl (C=O) groups is 1. The summed E-state index contributed by atoms with van der Waals surface area (Å²) in [7, 11) is 0. The van der Waals surface area contributed by atoms with Crippen LogP contribution in [0.15, 0.2) is 164 Å². The van der Waals surface area contributed by atoms with E-state index in [0.717, 1.165) is 41.1 Å². The molecule has 6 aromatic carbocycles. The van der Waals surface area contributed by atoms with Crippen LogP contribution in [0.1, 0.15) is 52.7 Å². The molecule has 280 valence electrons. The normalized spacial score (nSPS) is 18.1. The Morgan fingerprint density at radius 3 is 1.78 bits per heavy atom. The summed E-state index contributed by atoms with van der Waals surface area (Å²) in [4.78, 5) is 15.2. The van der Waals surface area contributed by atoms with Crippen molar-refractivity contribution in [2.45, 2.75) is 51.7 Å². The van der Waals surface area contributed by atoms with Gasteiger partial charge in [-0.25, -0.2) is 4.79 Å². The SMILES string of the molecule is C[C@@H]1[C@H](CN(Cc2ccccc2)Cc2ccccc2)O[C@H](c2ccc(CNC(=O)Nc3ccc(Oc4ccccc4)cc3)cc2)O[C@@H]1c1ccc(CO)cc1. The van der Waals surface area contributed by atoms with Gasteiger partial charge in [-0.15, -0.1) is 0 Å². The number of rotatable bonds is 14. The van der Waals surface area contributed by atoms with Gasteiger partial charge in [0.2, 0.25) is 0 Å². The summed E-state index contributed by atoms with van der Waals surface area (Å²) in [6.07, 6.45) is -0.966. The molecule has 0 saturated carbocycles. The highest BCUT2D eigenvalue weighted by molar-refractivity contribution is 5.89. The molecule has 0 aliphatic carbocycles. The quantitative estimate of drug-likeness (QED) is 0.103. The maximum Gasteiger partial charge on any atom is 0.319 e. The molecule has 3 N–H and O–H groups in total. The highest BCUT2D eigenvalue weighted by Crippen LogP contribution is 2.42. The van der Waals surface area contributed by atoms with Crippen molar-refractivity contribution in [3.8, 4) is 11.5 Å². The maximum atomic E-state index is 12.8. The summed E-state index contributed by atoms with van der Waals surface area (Å²) in [5.74, 6) is 1.48. The lowest BCUT2D eigenvalue weighted by Crippen LogP contribution is -2.44. The van der Waals surface area contributed by atoms with Gasteiger partial charge in [-0.3, -0.25) is 4.90 Å². The van der Waals surface area contributed by atoms with Gasteiger partial charge >= 0.3 is 6.03 Å². The molecule has 1 aliphatic heterocycles. The van der Waals surface area contributed by atoms with Gasteiger partial charge in [0.1, 0.15) is 11.5 Å². The molecule has 2 amide bonds. The lowest BCUT2D eigenvalue weighted by Gasteiger charge is -2.43. The van der Waals surface area contributed by atoms with Gasteiger partial charge in [0.15, 0.2) is 6.29 Å². The minimum absolute atomic E-state index is 0.00969. The van der Waals surface area contributed by atoms with Gasteiger partial charge < -0.3 is 30.0 Å². The number of anilines is 1. The molecule has 8 nitrogen and oxygen atoms in total. The molecule has 4 atom stereocenters. The highest BCUT2D eigenvalue weighted by atomic mass is 16.7. The number of aliphatic hydroxyl groups excluding tert-OH is 1. The number of amides is 2. The molecule has 1 heterocycles. The van der Waals surface area contributed by atoms with Crippen molar-refractivity contribution >= 4 is 11.7 Å². The van der Waals surface area contributed by atoms with Crippen molar-refractivity contribution in [1.82, 2.24) is 10.2 Å². The maximum absolute atomic E-state index is 12.8. The number of nitrogens with one attached hydrogen (secondary N) is 2. The number of nitrogens with zero attached hydrogens (tertiary/aromatic N) is 1. The van der Waals surface area contributed by atoms with E-state index in [0.29, 0.717) is 24.5 Å². The van der Waals surface area contributed by atoms with Crippen molar-refractivity contribution in [1.29, 1.82) is 0 Å². The molecule has 1 saturated heterocycles. The Morgan fingerprint density at radius 1 is 0.636 bits per heavy atom. The summed E-state index contributed by atoms with van der Waals surface area (Å²) in [6, 6.07) is 53.6. The molecule has 0 aromatic heterocycles. The first-order chi connectivity index (χ1) is 27.0. The largest absolute Gasteiger partial charge is 0.457 e. The van der Waals surface area contributed by atoms with Crippen molar-refractivity contribution < 1.29 is 24.1 Å². The van der Waals surface area contributed by atoms with Gasteiger partial charge in [0.25, 0.3) is 0 Å². The molecule has 6 aromatic rings. The molecule has 1 aliphatic rings. The Labute approximate surface area is 323 Å². The predicted molar refractivity (Wildman–Crippen MR) is 215 cm³/mol. The van der Waals surface area contributed by atoms with E-state index in [1.165, 1.54) is 11.1 Å². The van der Waals surface area contributed by atoms with E-state index in [4.69, 9.17) is 14.2 Å². The Morgan fingerprint density at radius 2 is 1.18 bits per heavy atom. The first-order valence-corrected chi connectivity index (χ1v) is 18.8. The predicted octanol–water partition coefficient (Wildman–Crippen LogP) is 9.79. The monoisotopic (exact) mass is 733 g/mol. The summed E-state index contributed by atoms with van der Waals surface area (Å²) in [6.45, 7) is 4.81. The Kier molecular flexibility index (Phi) is 12.6. The molecule has 0 spiro atoms. The zero-order chi connectivity index (χ0) is 37.8. The first kappa shape index (κ1) is 37.5. The lowest BCUT2D eigenvalue weighted by molar-refractivity contribution is -0.276. The topological polar surface area (TPSA) is 92.3 Å². The van der Waals surface area contributed by atoms with Crippen LogP contribution in [0.5, 0.6) is 11.5 Å². The number of carbonyl (C=O) groups excluding carboxylic acids is 1. The minimum atomic E-state index is -0.599. The summed E-state index contributed by atoms with van der Waals surface area (Å²) < 4.78 is 19.4. The molecule has 8 heteroatoms. The van der Waals surface area contributed by atoms with Crippen molar-refractivity contribution in [2.24, 2.45) is 5.92 Å². The molecule has 7 rings (SSSR count). The van der Waals surface area contributed by atoms with E-state index in [2.05, 4.69) is 71.0 Å². The van der Waals surface area contributed by atoms with Crippen LogP contribution in [0, 0.1) is 5.92 Å². The average molecular weight is 734 g/mol. The Bertz CT molecular complexity index is 2020. The second-order valence-electron chi connectivity index (χ2n) is 14.0. The van der Waals surface area contributed by atoms with E-state index in [1.807, 2.05) is 115 Å². The zero-order valence-corrected chi connectivity index (χ0v) is 31.0. The first-order valence-electron chi connectivity index (χ1n) is 18.8. The van der Waals surface area contributed by atoms with Gasteiger partial charge in [-0.1, -0.05) is 134 Å². The fraction of sp³-hybridized carbons (Fsp3) is 0.213. The van der Waals surface area contributed by atoms with Crippen LogP contribution in [0.25, 0.3) is 0 Å². The van der Waals surface area contributed by atoms with Crippen LogP contribution in [0.2, 0.25) is 0 Å².